The summed E-state index contributed by atoms with van der Waals surface area (Å²) in [5.41, 5.74) is 21.9. The van der Waals surface area contributed by atoms with Crippen LogP contribution in [-0.4, -0.2) is 4.40 Å². The molecule has 2 spiro atoms. The van der Waals surface area contributed by atoms with Gasteiger partial charge in [0.2, 0.25) is 0 Å². The van der Waals surface area contributed by atoms with E-state index in [0.29, 0.717) is 23.7 Å². The maximum absolute atomic E-state index is 11.1. The van der Waals surface area contributed by atoms with Crippen LogP contribution in [0, 0.1) is 22.7 Å². The van der Waals surface area contributed by atoms with Gasteiger partial charge in [0.25, 0.3) is 0 Å². The lowest BCUT2D eigenvalue weighted by atomic mass is 9.60. The van der Waals surface area contributed by atoms with E-state index in [1.807, 2.05) is 0 Å². The summed E-state index contributed by atoms with van der Waals surface area (Å²) in [4.78, 5) is 2.78. The average Bonchev–Trinajstić information content (AvgIpc) is 4.10. The molecule has 8 aliphatic carbocycles. The van der Waals surface area contributed by atoms with Crippen LogP contribution in [0.5, 0.6) is 0 Å². The molecule has 0 unspecified atom stereocenters. The Morgan fingerprint density at radius 2 is 0.897 bits per heavy atom. The molecule has 4 fully saturated rings. The normalized spacial score (nSPS) is 26.1. The molecule has 17 rings (SSSR count). The highest BCUT2D eigenvalue weighted by Crippen LogP contribution is 2.71. The van der Waals surface area contributed by atoms with E-state index >= 15 is 0 Å². The summed E-state index contributed by atoms with van der Waals surface area (Å²) in [5.74, 6) is 1.92. The molecule has 4 heteroatoms. The largest absolute Gasteiger partial charge is 0.309 e. The molecule has 0 radical (unpaired) electrons. The average molecular weight is 751 g/mol. The van der Waals surface area contributed by atoms with Crippen LogP contribution in [0.4, 0.5) is 17.1 Å². The molecule has 2 aromatic heterocycles. The number of nitrogens with zero attached hydrogens (tertiary/aromatic N) is 4. The van der Waals surface area contributed by atoms with E-state index in [-0.39, 0.29) is 10.8 Å². The van der Waals surface area contributed by atoms with Crippen LogP contribution < -0.4 is 4.90 Å². The van der Waals surface area contributed by atoms with Gasteiger partial charge in [0.1, 0.15) is 0 Å². The second-order valence-electron chi connectivity index (χ2n) is 20.1. The van der Waals surface area contributed by atoms with Crippen molar-refractivity contribution in [2.24, 2.45) is 0 Å². The van der Waals surface area contributed by atoms with E-state index in [1.165, 1.54) is 191 Å². The lowest BCUT2D eigenvalue weighted by Crippen LogP contribution is -2.40. The third-order valence-corrected chi connectivity index (χ3v) is 18.2. The van der Waals surface area contributed by atoms with Crippen molar-refractivity contribution in [3.63, 3.8) is 0 Å². The molecule has 4 bridgehead atoms. The lowest BCUT2D eigenvalue weighted by Gasteiger charge is -2.52. The van der Waals surface area contributed by atoms with Gasteiger partial charge in [0.05, 0.1) is 56.9 Å². The van der Waals surface area contributed by atoms with Gasteiger partial charge in [0.15, 0.2) is 0 Å². The van der Waals surface area contributed by atoms with Crippen molar-refractivity contribution < 1.29 is 0 Å². The number of rotatable bonds is 0. The molecule has 2 aliphatic heterocycles. The fourth-order valence-corrected chi connectivity index (χ4v) is 16.3. The zero-order valence-electron chi connectivity index (χ0n) is 33.2. The first-order chi connectivity index (χ1) is 28.7. The Balaban J connectivity index is 1.29. The third-order valence-electron chi connectivity index (χ3n) is 18.2. The highest BCUT2D eigenvalue weighted by molar-refractivity contribution is 6.30. The van der Waals surface area contributed by atoms with Gasteiger partial charge in [-0.15, -0.1) is 0 Å². The zero-order valence-corrected chi connectivity index (χ0v) is 33.2. The predicted octanol–water partition coefficient (Wildman–Crippen LogP) is 13.9. The fourth-order valence-electron chi connectivity index (χ4n) is 16.3. The quantitative estimate of drug-likeness (QED) is 0.155. The molecule has 0 amide bonds. The smallest absolute Gasteiger partial charge is 0.0995 e. The van der Waals surface area contributed by atoms with Crippen molar-refractivity contribution in [3.8, 4) is 12.1 Å². The summed E-state index contributed by atoms with van der Waals surface area (Å²) in [6, 6.07) is 29.4. The van der Waals surface area contributed by atoms with Gasteiger partial charge in [0, 0.05) is 32.4 Å². The first-order valence-corrected chi connectivity index (χ1v) is 22.9. The van der Waals surface area contributed by atoms with E-state index in [0.717, 1.165) is 11.1 Å². The molecule has 4 heterocycles. The molecule has 4 saturated carbocycles. The standard InChI is InChI=1S/C54H46N4/c55-27-33-25-39-45(43-31-17-13-29(14-18-31)41(33)43)47-49-52-50(48-46-40(58(39)51(47)48)26-34(28-56)42-30-15-19-32(20-16-30)44(42)46)54(23-7-8-24-54)36-10-2-4-12-38(36)57(52)37-11-3-1-9-35(37)53(49)21-5-6-22-53/h1-4,9-12,25-26,29-32H,5-8,13-24H2. The van der Waals surface area contributed by atoms with Crippen LogP contribution in [0.3, 0.4) is 0 Å². The van der Waals surface area contributed by atoms with E-state index < -0.39 is 0 Å². The number of aromatic nitrogens is 1. The predicted molar refractivity (Wildman–Crippen MR) is 232 cm³/mol. The highest BCUT2D eigenvalue weighted by Gasteiger charge is 2.56. The molecule has 58 heavy (non-hydrogen) atoms. The first-order valence-electron chi connectivity index (χ1n) is 22.9. The van der Waals surface area contributed by atoms with Crippen LogP contribution >= 0.6 is 0 Å². The first kappa shape index (κ1) is 31.6. The number of nitriles is 2. The van der Waals surface area contributed by atoms with Crippen molar-refractivity contribution in [2.75, 3.05) is 4.90 Å². The number of hydrogen-bond donors (Lipinski definition) is 0. The minimum Gasteiger partial charge on any atom is -0.309 e. The number of hydrogen-bond acceptors (Lipinski definition) is 3. The SMILES string of the molecule is N#Cc1cc2c(c3c1C1CCC3CC1)c1c3c4c(c5c6c7c(c(C#N)cc6n2c15)C1CCC7CC1)C1(CCCC1)c1ccccc1N4c1ccccc1C31CCCC1. The third kappa shape index (κ3) is 3.30. The maximum Gasteiger partial charge on any atom is 0.0995 e. The van der Waals surface area contributed by atoms with Gasteiger partial charge < -0.3 is 9.30 Å². The van der Waals surface area contributed by atoms with Crippen molar-refractivity contribution in [2.45, 2.75) is 137 Å². The molecule has 10 aliphatic rings. The Labute approximate surface area is 339 Å². The Hall–Kier alpha value is -5.32. The van der Waals surface area contributed by atoms with Crippen LogP contribution in [0.2, 0.25) is 0 Å². The van der Waals surface area contributed by atoms with Crippen molar-refractivity contribution >= 4 is 55.2 Å². The zero-order chi connectivity index (χ0) is 37.8. The molecular weight excluding hydrogens is 705 g/mol. The maximum atomic E-state index is 11.1. The number of fused-ring (bicyclic) bond motifs is 20. The van der Waals surface area contributed by atoms with Gasteiger partial charge in [-0.2, -0.15) is 10.5 Å². The molecule has 0 N–H and O–H groups in total. The summed E-state index contributed by atoms with van der Waals surface area (Å²) >= 11 is 0. The van der Waals surface area contributed by atoms with E-state index in [4.69, 9.17) is 0 Å². The molecule has 282 valence electrons. The minimum atomic E-state index is -0.0829. The summed E-state index contributed by atoms with van der Waals surface area (Å²) < 4.78 is 2.68. The second kappa shape index (κ2) is 10.5. The van der Waals surface area contributed by atoms with E-state index in [1.54, 1.807) is 11.1 Å². The van der Waals surface area contributed by atoms with Gasteiger partial charge in [-0.1, -0.05) is 62.1 Å². The fraction of sp³-hybridized carbons (Fsp3) is 0.407. The number of anilines is 3. The topological polar surface area (TPSA) is 55.2 Å². The van der Waals surface area contributed by atoms with Crippen LogP contribution in [0.25, 0.3) is 38.1 Å². The second-order valence-corrected chi connectivity index (χ2v) is 20.1. The minimum absolute atomic E-state index is 0.0829. The highest BCUT2D eigenvalue weighted by atomic mass is 15.2. The Morgan fingerprint density at radius 1 is 0.500 bits per heavy atom. The number of benzene rings is 5. The summed E-state index contributed by atoms with van der Waals surface area (Å²) in [5, 5.41) is 28.1. The molecule has 0 saturated heterocycles. The summed E-state index contributed by atoms with van der Waals surface area (Å²) in [7, 11) is 0. The van der Waals surface area contributed by atoms with Crippen molar-refractivity contribution in [1.29, 1.82) is 10.5 Å². The monoisotopic (exact) mass is 750 g/mol. The van der Waals surface area contributed by atoms with Gasteiger partial charge in [-0.05, 0) is 169 Å². The van der Waals surface area contributed by atoms with Crippen LogP contribution in [0.15, 0.2) is 60.7 Å². The number of para-hydroxylation sites is 2. The Kier molecular flexibility index (Phi) is 5.70. The van der Waals surface area contributed by atoms with Crippen molar-refractivity contribution in [1.82, 2.24) is 4.40 Å². The Bertz CT molecular complexity index is 2930. The van der Waals surface area contributed by atoms with Crippen molar-refractivity contribution in [3.05, 3.63) is 116 Å². The van der Waals surface area contributed by atoms with Crippen LogP contribution in [-0.2, 0) is 10.8 Å². The Morgan fingerprint density at radius 3 is 1.31 bits per heavy atom. The summed E-state index contributed by atoms with van der Waals surface area (Å²) in [6.45, 7) is 0. The molecule has 4 nitrogen and oxygen atoms in total. The van der Waals surface area contributed by atoms with E-state index in [2.05, 4.69) is 82.1 Å². The van der Waals surface area contributed by atoms with Crippen LogP contribution in [0.1, 0.15) is 182 Å². The van der Waals surface area contributed by atoms with E-state index in [9.17, 15) is 10.5 Å². The van der Waals surface area contributed by atoms with Gasteiger partial charge in [-0.25, -0.2) is 0 Å². The molecule has 0 atom stereocenters. The lowest BCUT2D eigenvalue weighted by molar-refractivity contribution is 0.360. The van der Waals surface area contributed by atoms with Gasteiger partial charge >= 0.3 is 0 Å². The van der Waals surface area contributed by atoms with Gasteiger partial charge in [-0.3, -0.25) is 0 Å². The summed E-state index contributed by atoms with van der Waals surface area (Å²) in [6.07, 6.45) is 19.4. The molecule has 7 aromatic rings. The molecule has 5 aromatic carbocycles. The molecular formula is C54H46N4.